The number of aryl methyl sites for hydroxylation is 2. The molecule has 146 valence electrons. The summed E-state index contributed by atoms with van der Waals surface area (Å²) in [5.41, 5.74) is 1.69. The second kappa shape index (κ2) is 8.00. The number of sulfonamides is 1. The first-order valence-corrected chi connectivity index (χ1v) is 11.2. The Morgan fingerprint density at radius 1 is 1.22 bits per heavy atom. The van der Waals surface area contributed by atoms with Crippen LogP contribution in [0.5, 0.6) is 5.75 Å². The van der Waals surface area contributed by atoms with Gasteiger partial charge in [-0.2, -0.15) is 0 Å². The highest BCUT2D eigenvalue weighted by atomic mass is 32.2. The summed E-state index contributed by atoms with van der Waals surface area (Å²) in [4.78, 5) is 14.6. The Bertz CT molecular complexity index is 925. The number of amides is 1. The molecule has 1 N–H and O–H groups in total. The maximum Gasteiger partial charge on any atom is 0.265 e. The van der Waals surface area contributed by atoms with Crippen LogP contribution in [0.3, 0.4) is 0 Å². The zero-order valence-corrected chi connectivity index (χ0v) is 17.4. The first-order valence-electron chi connectivity index (χ1n) is 8.95. The molecule has 6 nitrogen and oxygen atoms in total. The Balaban J connectivity index is 1.88. The molecule has 0 bridgehead atoms. The van der Waals surface area contributed by atoms with E-state index in [4.69, 9.17) is 4.74 Å². The summed E-state index contributed by atoms with van der Waals surface area (Å²) in [6, 6.07) is 6.65. The van der Waals surface area contributed by atoms with Crippen molar-refractivity contribution < 1.29 is 17.9 Å². The van der Waals surface area contributed by atoms with E-state index in [-0.39, 0.29) is 16.6 Å². The number of nitrogens with one attached hydrogen (secondary N) is 1. The summed E-state index contributed by atoms with van der Waals surface area (Å²) in [5, 5.41) is 2.82. The molecule has 0 saturated heterocycles. The van der Waals surface area contributed by atoms with E-state index in [0.717, 1.165) is 23.6 Å². The number of nitrogens with zero attached hydrogens (tertiary/aromatic N) is 1. The highest BCUT2D eigenvalue weighted by Crippen LogP contribution is 2.32. The highest BCUT2D eigenvalue weighted by Gasteiger charge is 2.24. The molecule has 1 aromatic carbocycles. The van der Waals surface area contributed by atoms with Gasteiger partial charge in [0.15, 0.2) is 0 Å². The van der Waals surface area contributed by atoms with E-state index in [2.05, 4.69) is 5.32 Å². The minimum atomic E-state index is -3.70. The molecule has 1 aliphatic carbocycles. The summed E-state index contributed by atoms with van der Waals surface area (Å²) in [6.45, 7) is 2.14. The minimum Gasteiger partial charge on any atom is -0.492 e. The van der Waals surface area contributed by atoms with Gasteiger partial charge < -0.3 is 10.1 Å². The van der Waals surface area contributed by atoms with Crippen LogP contribution in [0.4, 0.5) is 5.69 Å². The normalized spacial score (nSPS) is 14.1. The van der Waals surface area contributed by atoms with Gasteiger partial charge in [0.2, 0.25) is 10.0 Å². The predicted molar refractivity (Wildman–Crippen MR) is 107 cm³/mol. The lowest BCUT2D eigenvalue weighted by Gasteiger charge is -2.16. The highest BCUT2D eigenvalue weighted by molar-refractivity contribution is 7.89. The van der Waals surface area contributed by atoms with Crippen LogP contribution in [0.1, 0.15) is 39.9 Å². The summed E-state index contributed by atoms with van der Waals surface area (Å²) in [6.07, 6.45) is 4.38. The van der Waals surface area contributed by atoms with Gasteiger partial charge in [-0.15, -0.1) is 11.3 Å². The molecule has 1 amide bonds. The van der Waals surface area contributed by atoms with Crippen LogP contribution in [-0.4, -0.2) is 39.3 Å². The molecule has 0 radical (unpaired) electrons. The minimum absolute atomic E-state index is 0.0395. The molecule has 0 fully saturated rings. The van der Waals surface area contributed by atoms with Gasteiger partial charge in [-0.1, -0.05) is 0 Å². The van der Waals surface area contributed by atoms with E-state index in [9.17, 15) is 13.2 Å². The zero-order chi connectivity index (χ0) is 19.6. The van der Waals surface area contributed by atoms with Crippen molar-refractivity contribution in [3.63, 3.8) is 0 Å². The molecular formula is C19H24N2O4S2. The number of anilines is 1. The van der Waals surface area contributed by atoms with Crippen molar-refractivity contribution in [2.24, 2.45) is 0 Å². The number of carbonyl (C=O) groups excluding carboxylic acids is 1. The predicted octanol–water partition coefficient (Wildman–Crippen LogP) is 3.53. The average molecular weight is 409 g/mol. The van der Waals surface area contributed by atoms with Crippen molar-refractivity contribution in [3.8, 4) is 5.75 Å². The molecule has 1 heterocycles. The maximum absolute atomic E-state index is 12.6. The third-order valence-electron chi connectivity index (χ3n) is 4.48. The summed E-state index contributed by atoms with van der Waals surface area (Å²) in [5.74, 6) is 0.0579. The Morgan fingerprint density at radius 3 is 2.63 bits per heavy atom. The van der Waals surface area contributed by atoms with Crippen LogP contribution in [0, 0.1) is 0 Å². The Labute approximate surface area is 164 Å². The number of hydrogen-bond donors (Lipinski definition) is 1. The van der Waals surface area contributed by atoms with Crippen LogP contribution in [-0.2, 0) is 22.9 Å². The third-order valence-corrected chi connectivity index (χ3v) is 7.55. The van der Waals surface area contributed by atoms with Crippen molar-refractivity contribution in [3.05, 3.63) is 39.6 Å². The first kappa shape index (κ1) is 19.9. The Kier molecular flexibility index (Phi) is 5.88. The van der Waals surface area contributed by atoms with Gasteiger partial charge in [0.1, 0.15) is 10.6 Å². The number of fused-ring (bicyclic) bond motifs is 1. The lowest BCUT2D eigenvalue weighted by Crippen LogP contribution is -2.23. The molecule has 0 saturated carbocycles. The summed E-state index contributed by atoms with van der Waals surface area (Å²) < 4.78 is 31.8. The van der Waals surface area contributed by atoms with Gasteiger partial charge in [-0.05, 0) is 62.4 Å². The van der Waals surface area contributed by atoms with Crippen molar-refractivity contribution in [2.45, 2.75) is 37.5 Å². The quantitative estimate of drug-likeness (QED) is 0.793. The number of benzene rings is 1. The molecule has 0 unspecified atom stereocenters. The standard InChI is InChI=1S/C19H24N2O4S2/c1-4-25-15-10-9-14(12-18(15)27(23,24)21(2)3)20-19(22)17-11-13-7-5-6-8-16(13)26-17/h9-12H,4-8H2,1-3H3,(H,20,22). The number of thiophene rings is 1. The molecule has 0 aliphatic heterocycles. The van der Waals surface area contributed by atoms with Crippen LogP contribution >= 0.6 is 11.3 Å². The van der Waals surface area contributed by atoms with Crippen molar-refractivity contribution in [2.75, 3.05) is 26.0 Å². The Hall–Kier alpha value is -1.90. The largest absolute Gasteiger partial charge is 0.492 e. The molecule has 2 aromatic rings. The summed E-state index contributed by atoms with van der Waals surface area (Å²) >= 11 is 1.53. The van der Waals surface area contributed by atoms with Gasteiger partial charge in [0, 0.05) is 24.7 Å². The fraction of sp³-hybridized carbons (Fsp3) is 0.421. The monoisotopic (exact) mass is 408 g/mol. The van der Waals surface area contributed by atoms with E-state index >= 15 is 0 Å². The molecule has 0 atom stereocenters. The van der Waals surface area contributed by atoms with Gasteiger partial charge in [0.25, 0.3) is 5.91 Å². The van der Waals surface area contributed by atoms with E-state index in [1.165, 1.54) is 48.4 Å². The number of hydrogen-bond acceptors (Lipinski definition) is 5. The second-order valence-corrected chi connectivity index (χ2v) is 9.86. The second-order valence-electron chi connectivity index (χ2n) is 6.60. The van der Waals surface area contributed by atoms with Crippen LogP contribution < -0.4 is 10.1 Å². The average Bonchev–Trinajstić information content (AvgIpc) is 3.07. The van der Waals surface area contributed by atoms with E-state index in [1.807, 2.05) is 6.07 Å². The van der Waals surface area contributed by atoms with Crippen LogP contribution in [0.15, 0.2) is 29.2 Å². The molecule has 8 heteroatoms. The Morgan fingerprint density at radius 2 is 1.96 bits per heavy atom. The molecule has 3 rings (SSSR count). The molecule has 1 aromatic heterocycles. The van der Waals surface area contributed by atoms with E-state index < -0.39 is 10.0 Å². The lowest BCUT2D eigenvalue weighted by molar-refractivity contribution is 0.103. The smallest absolute Gasteiger partial charge is 0.265 e. The fourth-order valence-corrected chi connectivity index (χ4v) is 5.25. The van der Waals surface area contributed by atoms with Gasteiger partial charge in [0.05, 0.1) is 11.5 Å². The first-order chi connectivity index (χ1) is 12.8. The lowest BCUT2D eigenvalue weighted by atomic mass is 9.99. The number of carbonyl (C=O) groups is 1. The van der Waals surface area contributed by atoms with E-state index in [1.54, 1.807) is 19.1 Å². The summed E-state index contributed by atoms with van der Waals surface area (Å²) in [7, 11) is -0.766. The van der Waals surface area contributed by atoms with Crippen molar-refractivity contribution in [1.29, 1.82) is 0 Å². The number of rotatable bonds is 6. The molecule has 1 aliphatic rings. The van der Waals surface area contributed by atoms with Crippen LogP contribution in [0.2, 0.25) is 0 Å². The van der Waals surface area contributed by atoms with E-state index in [0.29, 0.717) is 17.2 Å². The SMILES string of the molecule is CCOc1ccc(NC(=O)c2cc3c(s2)CCCC3)cc1S(=O)(=O)N(C)C. The molecule has 27 heavy (non-hydrogen) atoms. The van der Waals surface area contributed by atoms with Gasteiger partial charge in [-0.3, -0.25) is 4.79 Å². The van der Waals surface area contributed by atoms with Crippen LogP contribution in [0.25, 0.3) is 0 Å². The van der Waals surface area contributed by atoms with Crippen molar-refractivity contribution in [1.82, 2.24) is 4.31 Å². The fourth-order valence-electron chi connectivity index (χ4n) is 3.05. The maximum atomic E-state index is 12.6. The molecule has 0 spiro atoms. The van der Waals surface area contributed by atoms with Crippen molar-refractivity contribution >= 4 is 33.0 Å². The van der Waals surface area contributed by atoms with Gasteiger partial charge >= 0.3 is 0 Å². The number of ether oxygens (including phenoxy) is 1. The third kappa shape index (κ3) is 4.17. The topological polar surface area (TPSA) is 75.7 Å². The molecular weight excluding hydrogens is 384 g/mol. The zero-order valence-electron chi connectivity index (χ0n) is 15.7. The van der Waals surface area contributed by atoms with Gasteiger partial charge in [-0.25, -0.2) is 12.7 Å².